The van der Waals surface area contributed by atoms with Gasteiger partial charge in [0.15, 0.2) is 0 Å². The lowest BCUT2D eigenvalue weighted by Crippen LogP contribution is -1.99. The van der Waals surface area contributed by atoms with Gasteiger partial charge >= 0.3 is 0 Å². The highest BCUT2D eigenvalue weighted by Gasteiger charge is 2.14. The first-order valence-electron chi connectivity index (χ1n) is 6.47. The Morgan fingerprint density at radius 2 is 2.00 bits per heavy atom. The van der Waals surface area contributed by atoms with E-state index in [-0.39, 0.29) is 5.92 Å². The molecule has 4 heteroatoms. The van der Waals surface area contributed by atoms with Gasteiger partial charge in [-0.2, -0.15) is 0 Å². The van der Waals surface area contributed by atoms with E-state index in [0.29, 0.717) is 10.8 Å². The van der Waals surface area contributed by atoms with Crippen LogP contribution in [0.4, 0.5) is 0 Å². The molecule has 3 nitrogen and oxygen atoms in total. The maximum atomic E-state index is 6.18. The van der Waals surface area contributed by atoms with Crippen molar-refractivity contribution in [3.05, 3.63) is 58.9 Å². The summed E-state index contributed by atoms with van der Waals surface area (Å²) in [5, 5.41) is 0.618. The Hall–Kier alpha value is -2.00. The number of hydrogen-bond donors (Lipinski definition) is 1. The normalized spacial score (nSPS) is 12.6. The third-order valence-electron chi connectivity index (χ3n) is 3.49. The van der Waals surface area contributed by atoms with Crippen molar-refractivity contribution in [2.75, 3.05) is 7.11 Å². The van der Waals surface area contributed by atoms with Gasteiger partial charge in [0.1, 0.15) is 11.6 Å². The topological polar surface area (TPSA) is 37.9 Å². The highest BCUT2D eigenvalue weighted by atomic mass is 35.5. The number of nitrogens with one attached hydrogen (secondary N) is 1. The molecule has 1 unspecified atom stereocenters. The minimum Gasteiger partial charge on any atom is -0.495 e. The molecule has 102 valence electrons. The number of hydrogen-bond acceptors (Lipinski definition) is 2. The molecular weight excluding hydrogens is 272 g/mol. The zero-order chi connectivity index (χ0) is 14.1. The first-order chi connectivity index (χ1) is 9.69. The average molecular weight is 287 g/mol. The minimum absolute atomic E-state index is 0.144. The summed E-state index contributed by atoms with van der Waals surface area (Å²) in [5.41, 5.74) is 3.14. The lowest BCUT2D eigenvalue weighted by molar-refractivity contribution is 0.415. The Kier molecular flexibility index (Phi) is 3.36. The number of rotatable bonds is 3. The number of imidazole rings is 1. The number of aromatic nitrogens is 2. The summed E-state index contributed by atoms with van der Waals surface area (Å²) in [6.45, 7) is 2.11. The van der Waals surface area contributed by atoms with Crippen molar-refractivity contribution < 1.29 is 4.74 Å². The number of nitrogens with zero attached hydrogens (tertiary/aromatic N) is 1. The fourth-order valence-corrected chi connectivity index (χ4v) is 2.55. The first-order valence-corrected chi connectivity index (χ1v) is 6.85. The molecule has 2 aromatic carbocycles. The van der Waals surface area contributed by atoms with Crippen LogP contribution >= 0.6 is 11.6 Å². The van der Waals surface area contributed by atoms with E-state index in [9.17, 15) is 0 Å². The Balaban J connectivity index is 1.99. The Morgan fingerprint density at radius 3 is 2.70 bits per heavy atom. The van der Waals surface area contributed by atoms with Crippen molar-refractivity contribution in [3.8, 4) is 5.75 Å². The van der Waals surface area contributed by atoms with Crippen molar-refractivity contribution in [1.82, 2.24) is 9.97 Å². The summed E-state index contributed by atoms with van der Waals surface area (Å²) < 4.78 is 5.18. The first kappa shape index (κ1) is 13.0. The van der Waals surface area contributed by atoms with Crippen molar-refractivity contribution in [3.63, 3.8) is 0 Å². The van der Waals surface area contributed by atoms with E-state index in [0.717, 1.165) is 22.4 Å². The van der Waals surface area contributed by atoms with E-state index in [1.54, 1.807) is 7.11 Å². The highest BCUT2D eigenvalue weighted by Crippen LogP contribution is 2.31. The number of ether oxygens (including phenoxy) is 1. The summed E-state index contributed by atoms with van der Waals surface area (Å²) in [6, 6.07) is 13.8. The van der Waals surface area contributed by atoms with E-state index in [1.807, 2.05) is 42.5 Å². The molecule has 0 aliphatic heterocycles. The molecule has 0 radical (unpaired) electrons. The molecular formula is C16H15ClN2O. The zero-order valence-electron chi connectivity index (χ0n) is 11.4. The van der Waals surface area contributed by atoms with Crippen molar-refractivity contribution in [2.24, 2.45) is 0 Å². The molecule has 0 spiro atoms. The second kappa shape index (κ2) is 5.17. The largest absolute Gasteiger partial charge is 0.495 e. The quantitative estimate of drug-likeness (QED) is 0.776. The van der Waals surface area contributed by atoms with Gasteiger partial charge in [-0.1, -0.05) is 36.7 Å². The molecule has 3 aromatic rings. The van der Waals surface area contributed by atoms with Gasteiger partial charge < -0.3 is 9.72 Å². The molecule has 0 saturated heterocycles. The van der Waals surface area contributed by atoms with Crippen molar-refractivity contribution in [2.45, 2.75) is 12.8 Å². The van der Waals surface area contributed by atoms with Gasteiger partial charge in [0.2, 0.25) is 0 Å². The monoisotopic (exact) mass is 286 g/mol. The number of halogens is 1. The molecule has 1 atom stereocenters. The predicted molar refractivity (Wildman–Crippen MR) is 81.6 cm³/mol. The molecule has 0 saturated carbocycles. The van der Waals surface area contributed by atoms with Crippen LogP contribution in [0.1, 0.15) is 24.2 Å². The smallest absolute Gasteiger partial charge is 0.137 e. The fraction of sp³-hybridized carbons (Fsp3) is 0.188. The van der Waals surface area contributed by atoms with E-state index in [2.05, 4.69) is 16.9 Å². The summed E-state index contributed by atoms with van der Waals surface area (Å²) in [5.74, 6) is 1.77. The van der Waals surface area contributed by atoms with E-state index in [4.69, 9.17) is 16.3 Å². The van der Waals surface area contributed by atoms with Crippen LogP contribution in [0.2, 0.25) is 5.02 Å². The van der Waals surface area contributed by atoms with Crippen LogP contribution in [-0.2, 0) is 0 Å². The van der Waals surface area contributed by atoms with E-state index in [1.165, 1.54) is 0 Å². The van der Waals surface area contributed by atoms with Crippen molar-refractivity contribution in [1.29, 1.82) is 0 Å². The van der Waals surface area contributed by atoms with Gasteiger partial charge in [-0.3, -0.25) is 0 Å². The Labute approximate surface area is 122 Å². The van der Waals surface area contributed by atoms with Gasteiger partial charge in [0.25, 0.3) is 0 Å². The lowest BCUT2D eigenvalue weighted by atomic mass is 10.0. The Morgan fingerprint density at radius 1 is 1.20 bits per heavy atom. The Bertz CT molecular complexity index is 718. The summed E-state index contributed by atoms with van der Waals surface area (Å²) in [6.07, 6.45) is 0. The minimum atomic E-state index is 0.144. The van der Waals surface area contributed by atoms with Crippen LogP contribution in [0.5, 0.6) is 5.75 Å². The average Bonchev–Trinajstić information content (AvgIpc) is 2.90. The molecule has 0 aliphatic carbocycles. The zero-order valence-corrected chi connectivity index (χ0v) is 12.1. The third kappa shape index (κ3) is 2.25. The number of fused-ring (bicyclic) bond motifs is 1. The van der Waals surface area contributed by atoms with Crippen LogP contribution in [0.15, 0.2) is 42.5 Å². The van der Waals surface area contributed by atoms with Crippen LogP contribution in [0.25, 0.3) is 11.0 Å². The van der Waals surface area contributed by atoms with Crippen LogP contribution in [0, 0.1) is 0 Å². The molecule has 1 aromatic heterocycles. The molecule has 3 rings (SSSR count). The molecule has 0 bridgehead atoms. The maximum absolute atomic E-state index is 6.18. The number of H-pyrrole nitrogens is 1. The molecule has 1 heterocycles. The molecule has 0 aliphatic rings. The summed E-state index contributed by atoms with van der Waals surface area (Å²) in [7, 11) is 1.61. The second-order valence-corrected chi connectivity index (χ2v) is 5.16. The SMILES string of the molecule is COc1ccc(C(C)c2nc3ccccc3[nH]2)cc1Cl. The second-order valence-electron chi connectivity index (χ2n) is 4.75. The van der Waals surface area contributed by atoms with Gasteiger partial charge in [-0.05, 0) is 29.8 Å². The number of para-hydroxylation sites is 2. The maximum Gasteiger partial charge on any atom is 0.137 e. The number of benzene rings is 2. The van der Waals surface area contributed by atoms with Crippen LogP contribution in [0.3, 0.4) is 0 Å². The standard InChI is InChI=1S/C16H15ClN2O/c1-10(11-7-8-15(20-2)12(17)9-11)16-18-13-5-3-4-6-14(13)19-16/h3-10H,1-2H3,(H,18,19). The molecule has 20 heavy (non-hydrogen) atoms. The van der Waals surface area contributed by atoms with Crippen LogP contribution < -0.4 is 4.74 Å². The molecule has 1 N–H and O–H groups in total. The fourth-order valence-electron chi connectivity index (χ4n) is 2.29. The summed E-state index contributed by atoms with van der Waals surface area (Å²) >= 11 is 6.18. The predicted octanol–water partition coefficient (Wildman–Crippen LogP) is 4.38. The van der Waals surface area contributed by atoms with Gasteiger partial charge in [-0.25, -0.2) is 4.98 Å². The highest BCUT2D eigenvalue weighted by molar-refractivity contribution is 6.32. The van der Waals surface area contributed by atoms with E-state index >= 15 is 0 Å². The van der Waals surface area contributed by atoms with Gasteiger partial charge in [0, 0.05) is 5.92 Å². The molecule has 0 amide bonds. The summed E-state index contributed by atoms with van der Waals surface area (Å²) in [4.78, 5) is 7.99. The van der Waals surface area contributed by atoms with Gasteiger partial charge in [0.05, 0.1) is 23.2 Å². The molecule has 0 fully saturated rings. The van der Waals surface area contributed by atoms with Gasteiger partial charge in [-0.15, -0.1) is 0 Å². The number of aromatic amines is 1. The van der Waals surface area contributed by atoms with Crippen molar-refractivity contribution >= 4 is 22.6 Å². The lowest BCUT2D eigenvalue weighted by Gasteiger charge is -2.11. The van der Waals surface area contributed by atoms with E-state index < -0.39 is 0 Å². The van der Waals surface area contributed by atoms with Crippen LogP contribution in [-0.4, -0.2) is 17.1 Å². The third-order valence-corrected chi connectivity index (χ3v) is 3.79. The number of methoxy groups -OCH3 is 1.